The van der Waals surface area contributed by atoms with Crippen molar-refractivity contribution in [3.8, 4) is 28.7 Å². The van der Waals surface area contributed by atoms with Gasteiger partial charge in [-0.2, -0.15) is 10.1 Å². The second-order valence-electron chi connectivity index (χ2n) is 6.18. The molecule has 6 nitrogen and oxygen atoms in total. The van der Waals surface area contributed by atoms with Crippen LogP contribution in [0.4, 0.5) is 0 Å². The molecule has 2 heterocycles. The Labute approximate surface area is 163 Å². The molecule has 0 aliphatic carbocycles. The SMILES string of the molecule is Cc1ccc(-c2noc(-c3nn(-c4cccc(Br)c4)ccc3=O)n2)cc1C. The first-order valence-corrected chi connectivity index (χ1v) is 9.08. The molecule has 0 spiro atoms. The van der Waals surface area contributed by atoms with E-state index in [9.17, 15) is 4.79 Å². The Morgan fingerprint density at radius 3 is 2.67 bits per heavy atom. The van der Waals surface area contributed by atoms with Crippen LogP contribution in [0.1, 0.15) is 11.1 Å². The highest BCUT2D eigenvalue weighted by molar-refractivity contribution is 9.10. The predicted molar refractivity (Wildman–Crippen MR) is 106 cm³/mol. The molecule has 4 rings (SSSR count). The summed E-state index contributed by atoms with van der Waals surface area (Å²) in [5.74, 6) is 0.518. The van der Waals surface area contributed by atoms with Crippen molar-refractivity contribution in [2.24, 2.45) is 0 Å². The number of aromatic nitrogens is 4. The zero-order valence-electron chi connectivity index (χ0n) is 14.7. The molecule has 0 unspecified atom stereocenters. The van der Waals surface area contributed by atoms with Crippen molar-refractivity contribution < 1.29 is 4.52 Å². The lowest BCUT2D eigenvalue weighted by molar-refractivity contribution is 0.429. The fourth-order valence-corrected chi connectivity index (χ4v) is 3.02. The van der Waals surface area contributed by atoms with Crippen molar-refractivity contribution >= 4 is 15.9 Å². The molecule has 2 aromatic heterocycles. The van der Waals surface area contributed by atoms with Crippen LogP contribution in [0.25, 0.3) is 28.7 Å². The monoisotopic (exact) mass is 422 g/mol. The van der Waals surface area contributed by atoms with E-state index in [0.29, 0.717) is 5.82 Å². The first kappa shape index (κ1) is 17.4. The quantitative estimate of drug-likeness (QED) is 0.491. The number of aryl methyl sites for hydroxylation is 2. The molecule has 0 bridgehead atoms. The van der Waals surface area contributed by atoms with E-state index in [1.807, 2.05) is 56.3 Å². The molecule has 0 saturated carbocycles. The molecule has 0 radical (unpaired) electrons. The lowest BCUT2D eigenvalue weighted by Gasteiger charge is -2.06. The van der Waals surface area contributed by atoms with Crippen LogP contribution >= 0.6 is 15.9 Å². The molecule has 7 heteroatoms. The van der Waals surface area contributed by atoms with Crippen LogP contribution in [0.2, 0.25) is 0 Å². The van der Waals surface area contributed by atoms with E-state index >= 15 is 0 Å². The fraction of sp³-hybridized carbons (Fsp3) is 0.100. The second kappa shape index (κ2) is 6.92. The predicted octanol–water partition coefficient (Wildman–Crippen LogP) is 4.33. The van der Waals surface area contributed by atoms with Gasteiger partial charge in [0.2, 0.25) is 11.3 Å². The van der Waals surface area contributed by atoms with E-state index in [0.717, 1.165) is 21.3 Å². The molecule has 0 atom stereocenters. The van der Waals surface area contributed by atoms with Crippen LogP contribution in [0.15, 0.2) is 68.5 Å². The molecule has 27 heavy (non-hydrogen) atoms. The molecule has 0 fully saturated rings. The van der Waals surface area contributed by atoms with Crippen molar-refractivity contribution in [2.45, 2.75) is 13.8 Å². The molecular formula is C20H15BrN4O2. The van der Waals surface area contributed by atoms with Crippen LogP contribution in [0, 0.1) is 13.8 Å². The second-order valence-corrected chi connectivity index (χ2v) is 7.09. The molecule has 134 valence electrons. The Morgan fingerprint density at radius 2 is 1.89 bits per heavy atom. The summed E-state index contributed by atoms with van der Waals surface area (Å²) >= 11 is 3.43. The van der Waals surface area contributed by atoms with Crippen LogP contribution in [0.5, 0.6) is 0 Å². The largest absolute Gasteiger partial charge is 0.332 e. The highest BCUT2D eigenvalue weighted by Crippen LogP contribution is 2.22. The van der Waals surface area contributed by atoms with Gasteiger partial charge in [0.15, 0.2) is 5.69 Å². The van der Waals surface area contributed by atoms with Gasteiger partial charge < -0.3 is 4.52 Å². The van der Waals surface area contributed by atoms with Gasteiger partial charge in [-0.25, -0.2) is 4.68 Å². The van der Waals surface area contributed by atoms with Gasteiger partial charge >= 0.3 is 0 Å². The first-order valence-electron chi connectivity index (χ1n) is 8.29. The third-order valence-corrected chi connectivity index (χ3v) is 4.77. The summed E-state index contributed by atoms with van der Waals surface area (Å²) < 4.78 is 7.84. The number of hydrogen-bond donors (Lipinski definition) is 0. The Bertz CT molecular complexity index is 1200. The number of rotatable bonds is 3. The highest BCUT2D eigenvalue weighted by atomic mass is 79.9. The Hall–Kier alpha value is -3.06. The summed E-state index contributed by atoms with van der Waals surface area (Å²) in [6.45, 7) is 4.06. The number of nitrogens with zero attached hydrogens (tertiary/aromatic N) is 4. The van der Waals surface area contributed by atoms with Crippen molar-refractivity contribution in [1.29, 1.82) is 0 Å². The molecule has 0 N–H and O–H groups in total. The summed E-state index contributed by atoms with van der Waals surface area (Å²) in [6.07, 6.45) is 1.61. The topological polar surface area (TPSA) is 73.8 Å². The average Bonchev–Trinajstić information content (AvgIpc) is 3.14. The summed E-state index contributed by atoms with van der Waals surface area (Å²) in [7, 11) is 0. The fourth-order valence-electron chi connectivity index (χ4n) is 2.64. The van der Waals surface area contributed by atoms with Gasteiger partial charge in [-0.15, -0.1) is 0 Å². The van der Waals surface area contributed by atoms with Crippen molar-refractivity contribution in [3.63, 3.8) is 0 Å². The van der Waals surface area contributed by atoms with Gasteiger partial charge in [0, 0.05) is 22.3 Å². The third kappa shape index (κ3) is 3.46. The molecule has 0 amide bonds. The zero-order valence-corrected chi connectivity index (χ0v) is 16.3. The standard InChI is InChI=1S/C20H15BrN4O2/c1-12-6-7-14(10-13(12)2)19-22-20(27-24-19)18-17(26)8-9-25(23-18)16-5-3-4-15(21)11-16/h3-11H,1-2H3. The average molecular weight is 423 g/mol. The van der Waals surface area contributed by atoms with Gasteiger partial charge in [0.25, 0.3) is 5.89 Å². The lowest BCUT2D eigenvalue weighted by Crippen LogP contribution is -2.12. The Kier molecular flexibility index (Phi) is 4.45. The van der Waals surface area contributed by atoms with E-state index in [1.165, 1.54) is 11.6 Å². The normalized spacial score (nSPS) is 10.9. The van der Waals surface area contributed by atoms with E-state index < -0.39 is 0 Å². The Balaban J connectivity index is 1.76. The molecule has 0 aliphatic rings. The third-order valence-electron chi connectivity index (χ3n) is 4.27. The smallest absolute Gasteiger partial charge is 0.282 e. The number of hydrogen-bond acceptors (Lipinski definition) is 5. The summed E-state index contributed by atoms with van der Waals surface area (Å²) in [6, 6.07) is 14.9. The molecule has 2 aromatic carbocycles. The van der Waals surface area contributed by atoms with Gasteiger partial charge in [0.05, 0.1) is 5.69 Å². The van der Waals surface area contributed by atoms with Gasteiger partial charge in [-0.1, -0.05) is 39.3 Å². The van der Waals surface area contributed by atoms with Crippen LogP contribution < -0.4 is 5.43 Å². The van der Waals surface area contributed by atoms with Crippen LogP contribution in [0.3, 0.4) is 0 Å². The van der Waals surface area contributed by atoms with Gasteiger partial charge in [-0.3, -0.25) is 4.79 Å². The minimum absolute atomic E-state index is 0.0950. The van der Waals surface area contributed by atoms with Gasteiger partial charge in [0.1, 0.15) is 0 Å². The van der Waals surface area contributed by atoms with Crippen molar-refractivity contribution in [3.05, 3.63) is 80.6 Å². The van der Waals surface area contributed by atoms with E-state index in [1.54, 1.807) is 10.9 Å². The summed E-state index contributed by atoms with van der Waals surface area (Å²) in [5, 5.41) is 8.39. The van der Waals surface area contributed by atoms with E-state index in [4.69, 9.17) is 4.52 Å². The summed E-state index contributed by atoms with van der Waals surface area (Å²) in [5.41, 5.74) is 3.78. The van der Waals surface area contributed by atoms with Crippen molar-refractivity contribution in [1.82, 2.24) is 19.9 Å². The number of halogens is 1. The van der Waals surface area contributed by atoms with Crippen LogP contribution in [-0.4, -0.2) is 19.9 Å². The summed E-state index contributed by atoms with van der Waals surface area (Å²) in [4.78, 5) is 16.7. The maximum absolute atomic E-state index is 12.3. The van der Waals surface area contributed by atoms with Crippen molar-refractivity contribution in [2.75, 3.05) is 0 Å². The lowest BCUT2D eigenvalue weighted by atomic mass is 10.1. The maximum atomic E-state index is 12.3. The molecule has 0 saturated heterocycles. The molecular weight excluding hydrogens is 408 g/mol. The van der Waals surface area contributed by atoms with E-state index in [2.05, 4.69) is 31.2 Å². The Morgan fingerprint density at radius 1 is 1.04 bits per heavy atom. The molecule has 0 aliphatic heterocycles. The minimum Gasteiger partial charge on any atom is -0.332 e. The highest BCUT2D eigenvalue weighted by Gasteiger charge is 2.16. The minimum atomic E-state index is -0.281. The van der Waals surface area contributed by atoms with E-state index in [-0.39, 0.29) is 17.0 Å². The maximum Gasteiger partial charge on any atom is 0.282 e. The molecule has 4 aromatic rings. The van der Waals surface area contributed by atoms with Gasteiger partial charge in [-0.05, 0) is 49.2 Å². The number of benzene rings is 2. The van der Waals surface area contributed by atoms with Crippen LogP contribution in [-0.2, 0) is 0 Å². The zero-order chi connectivity index (χ0) is 19.0. The first-order chi connectivity index (χ1) is 13.0.